The van der Waals surface area contributed by atoms with Gasteiger partial charge in [0.2, 0.25) is 5.91 Å². The third-order valence-electron chi connectivity index (χ3n) is 6.71. The molecule has 0 N–H and O–H groups in total. The van der Waals surface area contributed by atoms with E-state index in [9.17, 15) is 4.79 Å². The van der Waals surface area contributed by atoms with E-state index in [-0.39, 0.29) is 11.8 Å². The van der Waals surface area contributed by atoms with Crippen LogP contribution in [-0.4, -0.2) is 74.9 Å². The normalized spacial score (nSPS) is 24.8. The van der Waals surface area contributed by atoms with Gasteiger partial charge in [-0.25, -0.2) is 4.98 Å². The number of ether oxygens (including phenoxy) is 1. The van der Waals surface area contributed by atoms with Gasteiger partial charge < -0.3 is 14.2 Å². The second-order valence-electron chi connectivity index (χ2n) is 8.96. The van der Waals surface area contributed by atoms with Crippen molar-refractivity contribution in [2.45, 2.75) is 52.2 Å². The Morgan fingerprint density at radius 3 is 2.83 bits per heavy atom. The average molecular weight is 415 g/mol. The summed E-state index contributed by atoms with van der Waals surface area (Å²) in [5.74, 6) is 0.370. The lowest BCUT2D eigenvalue weighted by Crippen LogP contribution is -2.40. The molecule has 164 valence electrons. The first-order valence-electron chi connectivity index (χ1n) is 11.0. The zero-order chi connectivity index (χ0) is 21.3. The Kier molecular flexibility index (Phi) is 5.97. The number of methoxy groups -OCH3 is 1. The molecule has 0 unspecified atom stereocenters. The predicted octanol–water partition coefficient (Wildman–Crippen LogP) is 2.14. The predicted molar refractivity (Wildman–Crippen MR) is 114 cm³/mol. The summed E-state index contributed by atoms with van der Waals surface area (Å²) >= 11 is 0. The van der Waals surface area contributed by atoms with Gasteiger partial charge in [0, 0.05) is 76.3 Å². The van der Waals surface area contributed by atoms with E-state index in [0.717, 1.165) is 44.8 Å². The van der Waals surface area contributed by atoms with Crippen LogP contribution in [0.1, 0.15) is 50.4 Å². The molecular formula is C22H34N6O2. The fraction of sp³-hybridized carbons (Fsp3) is 0.682. The number of carbonyl (C=O) groups is 1. The smallest absolute Gasteiger partial charge is 0.230 e. The number of amides is 1. The molecule has 2 aliphatic heterocycles. The van der Waals surface area contributed by atoms with Gasteiger partial charge in [0.1, 0.15) is 0 Å². The minimum atomic E-state index is -0.398. The number of imidazole rings is 1. The molecule has 0 aliphatic carbocycles. The van der Waals surface area contributed by atoms with Gasteiger partial charge in [0.15, 0.2) is 0 Å². The van der Waals surface area contributed by atoms with Crippen LogP contribution >= 0.6 is 0 Å². The molecule has 8 heteroatoms. The van der Waals surface area contributed by atoms with Gasteiger partial charge in [-0.2, -0.15) is 5.10 Å². The van der Waals surface area contributed by atoms with Crippen LogP contribution in [0.25, 0.3) is 0 Å². The highest BCUT2D eigenvalue weighted by atomic mass is 16.5. The monoisotopic (exact) mass is 414 g/mol. The molecule has 0 aromatic carbocycles. The van der Waals surface area contributed by atoms with Gasteiger partial charge in [-0.15, -0.1) is 0 Å². The van der Waals surface area contributed by atoms with Crippen LogP contribution in [0.3, 0.4) is 0 Å². The van der Waals surface area contributed by atoms with Crippen molar-refractivity contribution in [2.24, 2.45) is 5.41 Å². The third kappa shape index (κ3) is 3.78. The summed E-state index contributed by atoms with van der Waals surface area (Å²) in [5, 5.41) is 4.41. The van der Waals surface area contributed by atoms with Crippen LogP contribution in [0.2, 0.25) is 0 Å². The zero-order valence-electron chi connectivity index (χ0n) is 18.6. The van der Waals surface area contributed by atoms with Crippen molar-refractivity contribution in [3.8, 4) is 0 Å². The van der Waals surface area contributed by atoms with E-state index in [4.69, 9.17) is 9.72 Å². The van der Waals surface area contributed by atoms with Crippen LogP contribution in [0, 0.1) is 5.41 Å². The molecule has 0 radical (unpaired) electrons. The van der Waals surface area contributed by atoms with E-state index in [1.165, 1.54) is 5.56 Å². The fourth-order valence-electron chi connectivity index (χ4n) is 4.98. The SMILES string of the molecule is CCn1cc(CN2C[C@H](c3cn(C(C)C)cn3)[C@]3(CCN(CCOC)C3=O)C2)cn1. The van der Waals surface area contributed by atoms with E-state index in [1.54, 1.807) is 7.11 Å². The molecule has 2 saturated heterocycles. The maximum Gasteiger partial charge on any atom is 0.230 e. The van der Waals surface area contributed by atoms with Crippen LogP contribution in [0.4, 0.5) is 0 Å². The van der Waals surface area contributed by atoms with Crippen LogP contribution in [-0.2, 0) is 22.6 Å². The topological polar surface area (TPSA) is 68.4 Å². The highest BCUT2D eigenvalue weighted by Gasteiger charge is 2.57. The highest BCUT2D eigenvalue weighted by molar-refractivity contribution is 5.86. The molecule has 8 nitrogen and oxygen atoms in total. The first-order valence-corrected chi connectivity index (χ1v) is 11.0. The summed E-state index contributed by atoms with van der Waals surface area (Å²) in [6.07, 6.45) is 8.97. The quantitative estimate of drug-likeness (QED) is 0.662. The van der Waals surface area contributed by atoms with Gasteiger partial charge in [0.05, 0.1) is 30.2 Å². The van der Waals surface area contributed by atoms with Crippen molar-refractivity contribution in [3.63, 3.8) is 0 Å². The third-order valence-corrected chi connectivity index (χ3v) is 6.71. The van der Waals surface area contributed by atoms with Gasteiger partial charge in [-0.1, -0.05) is 0 Å². The molecule has 2 atom stereocenters. The molecule has 0 bridgehead atoms. The van der Waals surface area contributed by atoms with E-state index in [2.05, 4.69) is 47.7 Å². The Bertz CT molecular complexity index is 875. The van der Waals surface area contributed by atoms with Gasteiger partial charge >= 0.3 is 0 Å². The van der Waals surface area contributed by atoms with Crippen molar-refractivity contribution in [3.05, 3.63) is 36.2 Å². The Labute approximate surface area is 178 Å². The molecular weight excluding hydrogens is 380 g/mol. The number of rotatable bonds is 8. The fourth-order valence-corrected chi connectivity index (χ4v) is 4.98. The number of hydrogen-bond acceptors (Lipinski definition) is 5. The standard InChI is InChI=1S/C22H34N6O2/c1-5-28-12-18(10-24-28)11-25-13-19(20-14-27(16-23-20)17(2)3)22(15-25)6-7-26(21(22)29)8-9-30-4/h10,12,14,16-17,19H,5-9,11,13,15H2,1-4H3/t19-,22+/m1/s1. The molecule has 1 spiro atoms. The second kappa shape index (κ2) is 8.51. The molecule has 4 heterocycles. The lowest BCUT2D eigenvalue weighted by molar-refractivity contribution is -0.136. The lowest BCUT2D eigenvalue weighted by atomic mass is 9.75. The summed E-state index contributed by atoms with van der Waals surface area (Å²) in [6.45, 7) is 11.7. The van der Waals surface area contributed by atoms with Gasteiger partial charge in [-0.3, -0.25) is 14.4 Å². The first kappa shape index (κ1) is 21.1. The van der Waals surface area contributed by atoms with Crippen molar-refractivity contribution < 1.29 is 9.53 Å². The molecule has 2 aromatic rings. The Hall–Kier alpha value is -2.19. The summed E-state index contributed by atoms with van der Waals surface area (Å²) in [6, 6.07) is 0.358. The number of carbonyl (C=O) groups excluding carboxylic acids is 1. The van der Waals surface area contributed by atoms with E-state index in [1.807, 2.05) is 22.1 Å². The zero-order valence-corrected chi connectivity index (χ0v) is 18.6. The summed E-state index contributed by atoms with van der Waals surface area (Å²) in [7, 11) is 1.69. The molecule has 4 rings (SSSR count). The minimum Gasteiger partial charge on any atom is -0.383 e. The van der Waals surface area contributed by atoms with Crippen molar-refractivity contribution in [1.82, 2.24) is 29.1 Å². The largest absolute Gasteiger partial charge is 0.383 e. The van der Waals surface area contributed by atoms with Gasteiger partial charge in [0.25, 0.3) is 0 Å². The number of hydrogen-bond donors (Lipinski definition) is 0. The van der Waals surface area contributed by atoms with E-state index >= 15 is 0 Å². The molecule has 1 amide bonds. The molecule has 2 fully saturated rings. The van der Waals surface area contributed by atoms with Crippen molar-refractivity contribution >= 4 is 5.91 Å². The Balaban J connectivity index is 1.60. The number of nitrogens with zero attached hydrogens (tertiary/aromatic N) is 6. The number of likely N-dealkylation sites (tertiary alicyclic amines) is 2. The first-order chi connectivity index (χ1) is 14.5. The Morgan fingerprint density at radius 1 is 1.33 bits per heavy atom. The van der Waals surface area contributed by atoms with Crippen LogP contribution in [0.5, 0.6) is 0 Å². The summed E-state index contributed by atoms with van der Waals surface area (Å²) in [4.78, 5) is 22.7. The van der Waals surface area contributed by atoms with Crippen LogP contribution < -0.4 is 0 Å². The molecule has 2 aromatic heterocycles. The van der Waals surface area contributed by atoms with Crippen molar-refractivity contribution in [2.75, 3.05) is 39.9 Å². The minimum absolute atomic E-state index is 0.110. The summed E-state index contributed by atoms with van der Waals surface area (Å²) in [5.41, 5.74) is 1.84. The Morgan fingerprint density at radius 2 is 2.17 bits per heavy atom. The highest BCUT2D eigenvalue weighted by Crippen LogP contribution is 2.49. The van der Waals surface area contributed by atoms with E-state index < -0.39 is 5.41 Å². The summed E-state index contributed by atoms with van der Waals surface area (Å²) < 4.78 is 9.32. The molecule has 30 heavy (non-hydrogen) atoms. The lowest BCUT2D eigenvalue weighted by Gasteiger charge is -2.28. The molecule has 2 aliphatic rings. The van der Waals surface area contributed by atoms with Crippen molar-refractivity contribution in [1.29, 1.82) is 0 Å². The van der Waals surface area contributed by atoms with Crippen LogP contribution in [0.15, 0.2) is 24.9 Å². The second-order valence-corrected chi connectivity index (χ2v) is 8.96. The number of aryl methyl sites for hydroxylation is 1. The molecule has 0 saturated carbocycles. The average Bonchev–Trinajstić information content (AvgIpc) is 3.50. The maximum atomic E-state index is 13.6. The maximum absolute atomic E-state index is 13.6. The van der Waals surface area contributed by atoms with Gasteiger partial charge in [-0.05, 0) is 27.2 Å². The van der Waals surface area contributed by atoms with E-state index in [0.29, 0.717) is 19.2 Å². The number of aromatic nitrogens is 4.